The monoisotopic (exact) mass is 228 g/mol. The summed E-state index contributed by atoms with van der Waals surface area (Å²) in [5.41, 5.74) is 2.21. The molecule has 0 heterocycles. The van der Waals surface area contributed by atoms with Crippen molar-refractivity contribution in [3.63, 3.8) is 0 Å². The first-order valence-corrected chi connectivity index (χ1v) is 5.87. The zero-order valence-corrected chi connectivity index (χ0v) is 10.3. The predicted molar refractivity (Wildman–Crippen MR) is 63.9 cm³/mol. The molecule has 0 aliphatic rings. The highest BCUT2D eigenvalue weighted by molar-refractivity contribution is 6.20. The number of benzene rings is 1. The quantitative estimate of drug-likeness (QED) is 0.673. The van der Waals surface area contributed by atoms with Crippen LogP contribution in [-0.2, 0) is 6.42 Å². The van der Waals surface area contributed by atoms with E-state index in [1.807, 2.05) is 13.0 Å². The third-order valence-corrected chi connectivity index (χ3v) is 3.59. The molecular weight excluding hydrogens is 211 g/mol. The van der Waals surface area contributed by atoms with E-state index in [0.717, 1.165) is 18.4 Å². The van der Waals surface area contributed by atoms with Crippen molar-refractivity contribution in [2.24, 2.45) is 5.92 Å². The Labute approximate surface area is 96.5 Å². The van der Waals surface area contributed by atoms with Gasteiger partial charge in [0.1, 0.15) is 5.82 Å². The Hall–Kier alpha value is -0.560. The van der Waals surface area contributed by atoms with Gasteiger partial charge >= 0.3 is 0 Å². The molecule has 0 aliphatic heterocycles. The largest absolute Gasteiger partial charge is 0.207 e. The zero-order valence-electron chi connectivity index (χ0n) is 9.56. The van der Waals surface area contributed by atoms with Gasteiger partial charge in [0.25, 0.3) is 0 Å². The molecule has 0 saturated heterocycles. The first-order valence-electron chi connectivity index (χ1n) is 5.43. The minimum absolute atomic E-state index is 0.165. The normalized spacial score (nSPS) is 15.0. The summed E-state index contributed by atoms with van der Waals surface area (Å²) < 4.78 is 12.9. The molecule has 0 spiro atoms. The van der Waals surface area contributed by atoms with Crippen molar-refractivity contribution in [1.82, 2.24) is 0 Å². The molecule has 2 atom stereocenters. The molecule has 0 amide bonds. The Morgan fingerprint density at radius 1 is 1.40 bits per heavy atom. The summed E-state index contributed by atoms with van der Waals surface area (Å²) in [5, 5.41) is 0.203. The Morgan fingerprint density at radius 2 is 2.07 bits per heavy atom. The van der Waals surface area contributed by atoms with Gasteiger partial charge in [-0.1, -0.05) is 19.9 Å². The first-order chi connectivity index (χ1) is 7.04. The number of alkyl halides is 1. The van der Waals surface area contributed by atoms with Crippen molar-refractivity contribution in [1.29, 1.82) is 0 Å². The van der Waals surface area contributed by atoms with Crippen LogP contribution in [0, 0.1) is 18.7 Å². The van der Waals surface area contributed by atoms with Crippen molar-refractivity contribution in [3.8, 4) is 0 Å². The second kappa shape index (κ2) is 5.50. The van der Waals surface area contributed by atoms with Crippen LogP contribution in [0.5, 0.6) is 0 Å². The molecule has 0 nitrogen and oxygen atoms in total. The molecule has 84 valence electrons. The van der Waals surface area contributed by atoms with E-state index in [4.69, 9.17) is 11.6 Å². The number of rotatable bonds is 4. The number of hydrogen-bond donors (Lipinski definition) is 0. The molecule has 0 radical (unpaired) electrons. The molecule has 15 heavy (non-hydrogen) atoms. The Balaban J connectivity index is 2.72. The molecule has 1 rings (SSSR count). The topological polar surface area (TPSA) is 0 Å². The number of halogens is 2. The zero-order chi connectivity index (χ0) is 11.4. The van der Waals surface area contributed by atoms with Crippen LogP contribution in [0.15, 0.2) is 18.2 Å². The Bertz CT molecular complexity index is 322. The van der Waals surface area contributed by atoms with Gasteiger partial charge in [0.2, 0.25) is 0 Å². The van der Waals surface area contributed by atoms with Crippen molar-refractivity contribution in [3.05, 3.63) is 35.1 Å². The molecule has 1 aromatic carbocycles. The van der Waals surface area contributed by atoms with Crippen LogP contribution in [0.4, 0.5) is 4.39 Å². The summed E-state index contributed by atoms with van der Waals surface area (Å²) in [4.78, 5) is 0. The lowest BCUT2D eigenvalue weighted by Gasteiger charge is -2.17. The number of aryl methyl sites for hydroxylation is 1. The average Bonchev–Trinajstić information content (AvgIpc) is 2.20. The smallest absolute Gasteiger partial charge is 0.123 e. The van der Waals surface area contributed by atoms with Gasteiger partial charge in [0.05, 0.1) is 0 Å². The SMILES string of the molecule is CCC(Cl)C(C)Cc1ccc(F)cc1C. The van der Waals surface area contributed by atoms with Crippen molar-refractivity contribution >= 4 is 11.6 Å². The summed E-state index contributed by atoms with van der Waals surface area (Å²) in [6, 6.07) is 4.96. The Morgan fingerprint density at radius 3 is 2.60 bits per heavy atom. The van der Waals surface area contributed by atoms with Crippen LogP contribution >= 0.6 is 11.6 Å². The Kier molecular flexibility index (Phi) is 4.59. The maximum Gasteiger partial charge on any atom is 0.123 e. The minimum Gasteiger partial charge on any atom is -0.207 e. The van der Waals surface area contributed by atoms with E-state index in [2.05, 4.69) is 13.8 Å². The fraction of sp³-hybridized carbons (Fsp3) is 0.538. The molecule has 0 aliphatic carbocycles. The minimum atomic E-state index is -0.165. The molecule has 0 aromatic heterocycles. The molecule has 1 aromatic rings. The van der Waals surface area contributed by atoms with Gasteiger partial charge in [-0.25, -0.2) is 4.39 Å². The molecule has 2 heteroatoms. The van der Waals surface area contributed by atoms with Crippen molar-refractivity contribution < 1.29 is 4.39 Å². The second-order valence-corrected chi connectivity index (χ2v) is 4.74. The van der Waals surface area contributed by atoms with E-state index in [0.29, 0.717) is 5.92 Å². The molecule has 0 N–H and O–H groups in total. The van der Waals surface area contributed by atoms with Crippen LogP contribution in [-0.4, -0.2) is 5.38 Å². The summed E-state index contributed by atoms with van der Waals surface area (Å²) in [6.45, 7) is 6.18. The van der Waals surface area contributed by atoms with Gasteiger partial charge < -0.3 is 0 Å². The van der Waals surface area contributed by atoms with Gasteiger partial charge in [-0.15, -0.1) is 11.6 Å². The number of hydrogen-bond acceptors (Lipinski definition) is 0. The fourth-order valence-corrected chi connectivity index (χ4v) is 1.85. The van der Waals surface area contributed by atoms with E-state index in [-0.39, 0.29) is 11.2 Å². The summed E-state index contributed by atoms with van der Waals surface area (Å²) in [7, 11) is 0. The third-order valence-electron chi connectivity index (χ3n) is 2.85. The summed E-state index contributed by atoms with van der Waals surface area (Å²) in [6.07, 6.45) is 1.90. The van der Waals surface area contributed by atoms with E-state index < -0.39 is 0 Å². The van der Waals surface area contributed by atoms with E-state index in [1.165, 1.54) is 11.6 Å². The van der Waals surface area contributed by atoms with Crippen LogP contribution < -0.4 is 0 Å². The van der Waals surface area contributed by atoms with Gasteiger partial charge in [0.15, 0.2) is 0 Å². The van der Waals surface area contributed by atoms with E-state index in [1.54, 1.807) is 6.07 Å². The van der Waals surface area contributed by atoms with Crippen molar-refractivity contribution in [2.75, 3.05) is 0 Å². The van der Waals surface area contributed by atoms with Gasteiger partial charge in [-0.05, 0) is 48.9 Å². The predicted octanol–water partition coefficient (Wildman–Crippen LogP) is 4.33. The standard InChI is InChI=1S/C13H18ClF/c1-4-13(14)10(3)7-11-5-6-12(15)8-9(11)2/h5-6,8,10,13H,4,7H2,1-3H3. The fourth-order valence-electron chi connectivity index (χ4n) is 1.77. The maximum absolute atomic E-state index is 12.9. The molecular formula is C13H18ClF. The van der Waals surface area contributed by atoms with E-state index >= 15 is 0 Å². The van der Waals surface area contributed by atoms with Gasteiger partial charge in [-0.3, -0.25) is 0 Å². The summed E-state index contributed by atoms with van der Waals surface area (Å²) >= 11 is 6.18. The third kappa shape index (κ3) is 3.49. The highest BCUT2D eigenvalue weighted by Crippen LogP contribution is 2.21. The highest BCUT2D eigenvalue weighted by Gasteiger charge is 2.13. The van der Waals surface area contributed by atoms with Gasteiger partial charge in [0, 0.05) is 5.38 Å². The summed E-state index contributed by atoms with van der Waals surface area (Å²) in [5.74, 6) is 0.266. The van der Waals surface area contributed by atoms with Crippen molar-refractivity contribution in [2.45, 2.75) is 39.0 Å². The lowest BCUT2D eigenvalue weighted by Crippen LogP contribution is -2.13. The van der Waals surface area contributed by atoms with Crippen LogP contribution in [0.25, 0.3) is 0 Å². The highest BCUT2D eigenvalue weighted by atomic mass is 35.5. The van der Waals surface area contributed by atoms with Crippen LogP contribution in [0.2, 0.25) is 0 Å². The molecule has 0 bridgehead atoms. The average molecular weight is 229 g/mol. The second-order valence-electron chi connectivity index (χ2n) is 4.18. The van der Waals surface area contributed by atoms with Crippen LogP contribution in [0.1, 0.15) is 31.4 Å². The lowest BCUT2D eigenvalue weighted by molar-refractivity contribution is 0.529. The first kappa shape index (κ1) is 12.5. The van der Waals surface area contributed by atoms with Gasteiger partial charge in [-0.2, -0.15) is 0 Å². The molecule has 0 saturated carbocycles. The molecule has 0 fully saturated rings. The molecule has 2 unspecified atom stereocenters. The van der Waals surface area contributed by atoms with Crippen LogP contribution in [0.3, 0.4) is 0 Å². The lowest BCUT2D eigenvalue weighted by atomic mass is 9.94. The maximum atomic E-state index is 12.9. The van der Waals surface area contributed by atoms with E-state index in [9.17, 15) is 4.39 Å².